The molecule has 0 N–H and O–H groups in total. The highest BCUT2D eigenvalue weighted by atomic mass is 35.6. The number of pyridine rings is 1. The number of aromatic nitrogens is 1. The van der Waals surface area contributed by atoms with Crippen LogP contribution < -0.4 is 0 Å². The van der Waals surface area contributed by atoms with Crippen molar-refractivity contribution in [3.8, 4) is 0 Å². The average molecular weight is 247 g/mol. The molecule has 0 aliphatic rings. The van der Waals surface area contributed by atoms with Crippen LogP contribution in [0.25, 0.3) is 0 Å². The van der Waals surface area contributed by atoms with Gasteiger partial charge in [-0.2, -0.15) is 0 Å². The van der Waals surface area contributed by atoms with Gasteiger partial charge in [0, 0.05) is 12.4 Å². The number of alkyl halides is 4. The highest BCUT2D eigenvalue weighted by Gasteiger charge is 2.16. The lowest BCUT2D eigenvalue weighted by atomic mass is 10.5. The molecule has 0 unspecified atom stereocenters. The Bertz CT molecular complexity index is 158. The van der Waals surface area contributed by atoms with Crippen molar-refractivity contribution in [1.82, 2.24) is 4.98 Å². The number of hydrogen-bond acceptors (Lipinski definition) is 1. The number of halogens is 4. The van der Waals surface area contributed by atoms with Gasteiger partial charge in [-0.25, -0.2) is 0 Å². The van der Waals surface area contributed by atoms with Crippen LogP contribution in [0, 0.1) is 0 Å². The largest absolute Gasteiger partial charge is 0.265 e. The second-order valence-corrected chi connectivity index (χ2v) is 4.56. The van der Waals surface area contributed by atoms with Crippen LogP contribution in [0.15, 0.2) is 30.6 Å². The standard InChI is InChI=1S/C5H5N.C2H2Cl4/c1-2-4-6-5-3-1;3-1-2(4,5)6/h1-5H;1H2. The van der Waals surface area contributed by atoms with Crippen molar-refractivity contribution < 1.29 is 0 Å². The predicted octanol–water partition coefficient (Wildman–Crippen LogP) is 3.68. The van der Waals surface area contributed by atoms with E-state index in [1.54, 1.807) is 12.4 Å². The van der Waals surface area contributed by atoms with E-state index < -0.39 is 3.79 Å². The molecule has 1 aromatic rings. The van der Waals surface area contributed by atoms with E-state index in [0.29, 0.717) is 0 Å². The zero-order chi connectivity index (χ0) is 9.45. The lowest BCUT2D eigenvalue weighted by Crippen LogP contribution is -2.01. The van der Waals surface area contributed by atoms with Crippen LogP contribution in [0.2, 0.25) is 0 Å². The fraction of sp³-hybridized carbons (Fsp3) is 0.286. The van der Waals surface area contributed by atoms with Crippen LogP contribution in [0.3, 0.4) is 0 Å². The van der Waals surface area contributed by atoms with Gasteiger partial charge < -0.3 is 0 Å². The molecule has 0 aromatic carbocycles. The third-order valence-corrected chi connectivity index (χ3v) is 1.93. The van der Waals surface area contributed by atoms with Gasteiger partial charge in [0.05, 0.1) is 5.88 Å². The summed E-state index contributed by atoms with van der Waals surface area (Å²) >= 11 is 20.4. The molecule has 1 heterocycles. The Morgan fingerprint density at radius 2 is 1.42 bits per heavy atom. The van der Waals surface area contributed by atoms with E-state index in [0.717, 1.165) is 0 Å². The molecular weight excluding hydrogens is 240 g/mol. The summed E-state index contributed by atoms with van der Waals surface area (Å²) in [4.78, 5) is 3.78. The van der Waals surface area contributed by atoms with E-state index in [-0.39, 0.29) is 5.88 Å². The smallest absolute Gasteiger partial charge is 0.203 e. The molecule has 12 heavy (non-hydrogen) atoms. The molecule has 1 rings (SSSR count). The molecule has 0 saturated heterocycles. The van der Waals surface area contributed by atoms with Gasteiger partial charge in [0.2, 0.25) is 3.79 Å². The summed E-state index contributed by atoms with van der Waals surface area (Å²) in [5, 5.41) is 0. The van der Waals surface area contributed by atoms with Gasteiger partial charge >= 0.3 is 0 Å². The van der Waals surface area contributed by atoms with Gasteiger partial charge in [0.1, 0.15) is 0 Å². The number of nitrogens with zero attached hydrogens (tertiary/aromatic N) is 1. The van der Waals surface area contributed by atoms with Crippen molar-refractivity contribution in [1.29, 1.82) is 0 Å². The topological polar surface area (TPSA) is 12.9 Å². The van der Waals surface area contributed by atoms with Gasteiger partial charge in [-0.15, -0.1) is 11.6 Å². The maximum absolute atomic E-state index is 5.12. The zero-order valence-corrected chi connectivity index (χ0v) is 9.08. The first-order chi connectivity index (χ1) is 5.56. The Morgan fingerprint density at radius 1 is 1.00 bits per heavy atom. The van der Waals surface area contributed by atoms with Crippen LogP contribution in [-0.2, 0) is 0 Å². The van der Waals surface area contributed by atoms with E-state index in [1.807, 2.05) is 18.2 Å². The minimum absolute atomic E-state index is 0.0394. The molecule has 1 aromatic heterocycles. The minimum Gasteiger partial charge on any atom is -0.265 e. The van der Waals surface area contributed by atoms with Crippen LogP contribution in [0.1, 0.15) is 0 Å². The van der Waals surface area contributed by atoms with Gasteiger partial charge in [-0.1, -0.05) is 40.9 Å². The second-order valence-electron chi connectivity index (χ2n) is 1.77. The Labute approximate surface area is 91.6 Å². The van der Waals surface area contributed by atoms with E-state index in [9.17, 15) is 0 Å². The van der Waals surface area contributed by atoms with Crippen molar-refractivity contribution in [3.05, 3.63) is 30.6 Å². The van der Waals surface area contributed by atoms with E-state index >= 15 is 0 Å². The molecule has 0 radical (unpaired) electrons. The molecule has 0 amide bonds. The molecule has 0 atom stereocenters. The van der Waals surface area contributed by atoms with Crippen molar-refractivity contribution >= 4 is 46.4 Å². The van der Waals surface area contributed by atoms with Gasteiger partial charge in [0.15, 0.2) is 0 Å². The Balaban J connectivity index is 0.000000202. The van der Waals surface area contributed by atoms with Crippen molar-refractivity contribution in [2.75, 3.05) is 5.88 Å². The Kier molecular flexibility index (Phi) is 6.96. The van der Waals surface area contributed by atoms with Crippen LogP contribution in [-0.4, -0.2) is 14.7 Å². The maximum Gasteiger partial charge on any atom is 0.203 e. The van der Waals surface area contributed by atoms with E-state index in [1.165, 1.54) is 0 Å². The van der Waals surface area contributed by atoms with Crippen molar-refractivity contribution in [3.63, 3.8) is 0 Å². The van der Waals surface area contributed by atoms with Crippen LogP contribution >= 0.6 is 46.4 Å². The van der Waals surface area contributed by atoms with Crippen LogP contribution in [0.4, 0.5) is 0 Å². The summed E-state index contributed by atoms with van der Waals surface area (Å²) in [6, 6.07) is 5.72. The minimum atomic E-state index is -1.28. The Morgan fingerprint density at radius 3 is 1.50 bits per heavy atom. The molecule has 0 fully saturated rings. The summed E-state index contributed by atoms with van der Waals surface area (Å²) in [6.45, 7) is 0. The quantitative estimate of drug-likeness (QED) is 0.637. The molecule has 0 aliphatic carbocycles. The normalized spacial score (nSPS) is 10.0. The average Bonchev–Trinajstić information content (AvgIpc) is 2.07. The molecular formula is C7H7Cl4N. The fourth-order valence-corrected chi connectivity index (χ4v) is 0.313. The number of hydrogen-bond donors (Lipinski definition) is 0. The SMILES string of the molecule is ClCC(Cl)(Cl)Cl.c1ccncc1. The fourth-order valence-electron chi connectivity index (χ4n) is 0.313. The summed E-state index contributed by atoms with van der Waals surface area (Å²) in [7, 11) is 0. The van der Waals surface area contributed by atoms with E-state index in [2.05, 4.69) is 4.98 Å². The lowest BCUT2D eigenvalue weighted by Gasteiger charge is -2.00. The summed E-state index contributed by atoms with van der Waals surface area (Å²) in [5.41, 5.74) is 0. The summed E-state index contributed by atoms with van der Waals surface area (Å²) in [5.74, 6) is 0.0394. The molecule has 0 spiro atoms. The third-order valence-electron chi connectivity index (χ3n) is 0.718. The first-order valence-corrected chi connectivity index (χ1v) is 4.71. The maximum atomic E-state index is 5.12. The lowest BCUT2D eigenvalue weighted by molar-refractivity contribution is 1.28. The Hall–Kier alpha value is 0.310. The monoisotopic (exact) mass is 245 g/mol. The van der Waals surface area contributed by atoms with Gasteiger partial charge in [-0.3, -0.25) is 4.98 Å². The molecule has 68 valence electrons. The number of rotatable bonds is 0. The van der Waals surface area contributed by atoms with Crippen molar-refractivity contribution in [2.45, 2.75) is 3.79 Å². The second kappa shape index (κ2) is 6.79. The molecule has 5 heteroatoms. The highest BCUT2D eigenvalue weighted by Crippen LogP contribution is 2.26. The predicted molar refractivity (Wildman–Crippen MR) is 55.2 cm³/mol. The van der Waals surface area contributed by atoms with Crippen molar-refractivity contribution in [2.24, 2.45) is 0 Å². The molecule has 0 saturated carbocycles. The third kappa shape index (κ3) is 10.3. The van der Waals surface area contributed by atoms with E-state index in [4.69, 9.17) is 46.4 Å². The molecule has 0 aliphatic heterocycles. The molecule has 1 nitrogen and oxygen atoms in total. The first kappa shape index (κ1) is 12.3. The van der Waals surface area contributed by atoms with Gasteiger partial charge in [0.25, 0.3) is 0 Å². The highest BCUT2D eigenvalue weighted by molar-refractivity contribution is 6.69. The summed E-state index contributed by atoms with van der Waals surface area (Å²) in [6.07, 6.45) is 3.50. The first-order valence-electron chi connectivity index (χ1n) is 3.04. The summed E-state index contributed by atoms with van der Waals surface area (Å²) < 4.78 is -1.28. The van der Waals surface area contributed by atoms with Gasteiger partial charge in [-0.05, 0) is 12.1 Å². The zero-order valence-electron chi connectivity index (χ0n) is 6.05. The molecule has 0 bridgehead atoms. The van der Waals surface area contributed by atoms with Crippen LogP contribution in [0.5, 0.6) is 0 Å².